The summed E-state index contributed by atoms with van der Waals surface area (Å²) in [6.07, 6.45) is 5.93. The molecule has 0 aromatic carbocycles. The van der Waals surface area contributed by atoms with Gasteiger partial charge in [-0.2, -0.15) is 0 Å². The normalized spacial score (nSPS) is 24.0. The van der Waals surface area contributed by atoms with Gasteiger partial charge >= 0.3 is 0 Å². The van der Waals surface area contributed by atoms with Gasteiger partial charge in [-0.05, 0) is 26.3 Å². The van der Waals surface area contributed by atoms with Crippen LogP contribution in [0.25, 0.3) is 0 Å². The lowest BCUT2D eigenvalue weighted by Gasteiger charge is -2.32. The quantitative estimate of drug-likeness (QED) is 0.776. The fourth-order valence-corrected chi connectivity index (χ4v) is 2.95. The van der Waals surface area contributed by atoms with E-state index in [0.29, 0.717) is 10.5 Å². The van der Waals surface area contributed by atoms with E-state index < -0.39 is 0 Å². The van der Waals surface area contributed by atoms with Crippen molar-refractivity contribution in [2.45, 2.75) is 38.8 Å². The highest BCUT2D eigenvalue weighted by Crippen LogP contribution is 2.23. The lowest BCUT2D eigenvalue weighted by molar-refractivity contribution is 0.154. The van der Waals surface area contributed by atoms with E-state index in [1.807, 2.05) is 6.20 Å². The molecule has 14 heavy (non-hydrogen) atoms. The second kappa shape index (κ2) is 4.60. The predicted molar refractivity (Wildman–Crippen MR) is 60.8 cm³/mol. The molecule has 2 nitrogen and oxygen atoms in total. The molecule has 1 atom stereocenters. The Bertz CT molecular complexity index is 300. The Balaban J connectivity index is 1.95. The number of aromatic nitrogens is 1. The van der Waals surface area contributed by atoms with E-state index in [1.165, 1.54) is 30.7 Å². The van der Waals surface area contributed by atoms with Crippen molar-refractivity contribution in [3.8, 4) is 0 Å². The van der Waals surface area contributed by atoms with Gasteiger partial charge in [0.15, 0.2) is 4.47 Å². The van der Waals surface area contributed by atoms with Gasteiger partial charge in [0, 0.05) is 23.7 Å². The fraction of sp³-hybridized carbons (Fsp3) is 0.700. The van der Waals surface area contributed by atoms with Gasteiger partial charge in [0.2, 0.25) is 0 Å². The highest BCUT2D eigenvalue weighted by atomic mass is 35.5. The molecular weight excluding hydrogens is 216 g/mol. The second-order valence-electron chi connectivity index (χ2n) is 3.89. The summed E-state index contributed by atoms with van der Waals surface area (Å²) in [5.41, 5.74) is 0. The minimum atomic E-state index is 0.657. The summed E-state index contributed by atoms with van der Waals surface area (Å²) in [5, 5.41) is 0. The average molecular weight is 231 g/mol. The molecule has 0 N–H and O–H groups in total. The van der Waals surface area contributed by atoms with Crippen LogP contribution >= 0.6 is 22.9 Å². The van der Waals surface area contributed by atoms with Crippen LogP contribution in [-0.2, 0) is 6.54 Å². The molecule has 0 spiro atoms. The van der Waals surface area contributed by atoms with E-state index in [1.54, 1.807) is 11.3 Å². The monoisotopic (exact) mass is 230 g/mol. The van der Waals surface area contributed by atoms with Crippen LogP contribution in [0.2, 0.25) is 4.47 Å². The highest BCUT2D eigenvalue weighted by Gasteiger charge is 2.18. The summed E-state index contributed by atoms with van der Waals surface area (Å²) < 4.78 is 0.657. The minimum absolute atomic E-state index is 0.657. The van der Waals surface area contributed by atoms with Crippen molar-refractivity contribution in [3.63, 3.8) is 0 Å². The first-order chi connectivity index (χ1) is 6.75. The molecule has 0 radical (unpaired) electrons. The van der Waals surface area contributed by atoms with Crippen molar-refractivity contribution in [1.82, 2.24) is 9.88 Å². The third-order valence-corrected chi connectivity index (χ3v) is 3.92. The lowest BCUT2D eigenvalue weighted by atomic mass is 10.0. The van der Waals surface area contributed by atoms with Crippen LogP contribution in [0.15, 0.2) is 6.20 Å². The third-order valence-electron chi connectivity index (χ3n) is 2.82. The fourth-order valence-electron chi connectivity index (χ4n) is 1.95. The summed E-state index contributed by atoms with van der Waals surface area (Å²) in [4.78, 5) is 7.87. The van der Waals surface area contributed by atoms with Gasteiger partial charge in [0.1, 0.15) is 0 Å². The zero-order chi connectivity index (χ0) is 9.97. The van der Waals surface area contributed by atoms with Crippen LogP contribution in [0.3, 0.4) is 0 Å². The number of rotatable bonds is 2. The Hall–Kier alpha value is -0.120. The number of piperidine rings is 1. The SMILES string of the molecule is C[C@H]1CCCCN1Cc1cnc(Cl)s1. The summed E-state index contributed by atoms with van der Waals surface area (Å²) in [6.45, 7) is 4.55. The van der Waals surface area contributed by atoms with Gasteiger partial charge in [-0.25, -0.2) is 4.98 Å². The molecule has 0 amide bonds. The number of halogens is 1. The van der Waals surface area contributed by atoms with Gasteiger partial charge in [-0.1, -0.05) is 18.0 Å². The first-order valence-electron chi connectivity index (χ1n) is 5.10. The smallest absolute Gasteiger partial charge is 0.183 e. The second-order valence-corrected chi connectivity index (χ2v) is 5.59. The summed E-state index contributed by atoms with van der Waals surface area (Å²) in [5.74, 6) is 0. The maximum atomic E-state index is 5.80. The van der Waals surface area contributed by atoms with E-state index in [2.05, 4.69) is 16.8 Å². The standard InChI is InChI=1S/C10H15ClN2S/c1-8-4-2-3-5-13(8)7-9-6-12-10(11)14-9/h6,8H,2-5,7H2,1H3/t8-/m0/s1. The maximum Gasteiger partial charge on any atom is 0.183 e. The highest BCUT2D eigenvalue weighted by molar-refractivity contribution is 7.15. The lowest BCUT2D eigenvalue weighted by Crippen LogP contribution is -2.36. The van der Waals surface area contributed by atoms with E-state index >= 15 is 0 Å². The molecule has 0 saturated carbocycles. The van der Waals surface area contributed by atoms with Gasteiger partial charge < -0.3 is 0 Å². The number of nitrogens with zero attached hydrogens (tertiary/aromatic N) is 2. The van der Waals surface area contributed by atoms with Gasteiger partial charge in [0.05, 0.1) is 0 Å². The van der Waals surface area contributed by atoms with Crippen molar-refractivity contribution in [3.05, 3.63) is 15.5 Å². The summed E-state index contributed by atoms with van der Waals surface area (Å²) in [6, 6.07) is 0.713. The molecule has 4 heteroatoms. The molecule has 1 aromatic rings. The van der Waals surface area contributed by atoms with Crippen LogP contribution in [0.5, 0.6) is 0 Å². The predicted octanol–water partition coefficient (Wildman–Crippen LogP) is 3.17. The third kappa shape index (κ3) is 2.47. The van der Waals surface area contributed by atoms with Crippen molar-refractivity contribution in [2.75, 3.05) is 6.54 Å². The average Bonchev–Trinajstić information content (AvgIpc) is 2.56. The van der Waals surface area contributed by atoms with Crippen LogP contribution < -0.4 is 0 Å². The van der Waals surface area contributed by atoms with Gasteiger partial charge in [-0.15, -0.1) is 11.3 Å². The molecule has 1 aliphatic heterocycles. The topological polar surface area (TPSA) is 16.1 Å². The first kappa shape index (κ1) is 10.4. The molecule has 1 aromatic heterocycles. The van der Waals surface area contributed by atoms with E-state index in [4.69, 9.17) is 11.6 Å². The molecule has 0 aliphatic carbocycles. The van der Waals surface area contributed by atoms with Gasteiger partial charge in [-0.3, -0.25) is 4.90 Å². The van der Waals surface area contributed by atoms with Crippen LogP contribution in [0, 0.1) is 0 Å². The molecule has 2 rings (SSSR count). The summed E-state index contributed by atoms with van der Waals surface area (Å²) in [7, 11) is 0. The Labute approximate surface area is 93.9 Å². The number of hydrogen-bond donors (Lipinski definition) is 0. The van der Waals surface area contributed by atoms with Crippen molar-refractivity contribution in [2.24, 2.45) is 0 Å². The van der Waals surface area contributed by atoms with Crippen molar-refractivity contribution in [1.29, 1.82) is 0 Å². The van der Waals surface area contributed by atoms with Crippen LogP contribution in [-0.4, -0.2) is 22.5 Å². The zero-order valence-electron chi connectivity index (χ0n) is 8.37. The summed E-state index contributed by atoms with van der Waals surface area (Å²) >= 11 is 7.40. The molecule has 78 valence electrons. The van der Waals surface area contributed by atoms with E-state index in [9.17, 15) is 0 Å². The van der Waals surface area contributed by atoms with Crippen LogP contribution in [0.4, 0.5) is 0 Å². The Morgan fingerprint density at radius 2 is 2.50 bits per heavy atom. The van der Waals surface area contributed by atoms with Gasteiger partial charge in [0.25, 0.3) is 0 Å². The van der Waals surface area contributed by atoms with E-state index in [0.717, 1.165) is 6.54 Å². The Kier molecular flexibility index (Phi) is 3.42. The molecule has 0 unspecified atom stereocenters. The minimum Gasteiger partial charge on any atom is -0.296 e. The number of likely N-dealkylation sites (tertiary alicyclic amines) is 1. The van der Waals surface area contributed by atoms with Crippen molar-refractivity contribution >= 4 is 22.9 Å². The van der Waals surface area contributed by atoms with E-state index in [-0.39, 0.29) is 0 Å². The molecule has 1 aliphatic rings. The number of hydrogen-bond acceptors (Lipinski definition) is 3. The van der Waals surface area contributed by atoms with Crippen molar-refractivity contribution < 1.29 is 0 Å². The Morgan fingerprint density at radius 3 is 3.14 bits per heavy atom. The molecule has 1 fully saturated rings. The molecule has 0 bridgehead atoms. The molecular formula is C10H15ClN2S. The Morgan fingerprint density at radius 1 is 1.64 bits per heavy atom. The maximum absolute atomic E-state index is 5.80. The molecule has 2 heterocycles. The zero-order valence-corrected chi connectivity index (χ0v) is 9.94. The first-order valence-corrected chi connectivity index (χ1v) is 6.29. The van der Waals surface area contributed by atoms with Crippen LogP contribution in [0.1, 0.15) is 31.1 Å². The number of thiazole rings is 1. The largest absolute Gasteiger partial charge is 0.296 e. The molecule has 1 saturated heterocycles.